The third-order valence-electron chi connectivity index (χ3n) is 2.72. The zero-order valence-electron chi connectivity index (χ0n) is 11.6. The molecule has 1 amide bonds. The lowest BCUT2D eigenvalue weighted by atomic mass is 10.2. The van der Waals surface area contributed by atoms with E-state index in [0.717, 1.165) is 15.8 Å². The van der Waals surface area contributed by atoms with Gasteiger partial charge in [0, 0.05) is 13.8 Å². The molecule has 0 spiro atoms. The van der Waals surface area contributed by atoms with Crippen molar-refractivity contribution >= 4 is 62.4 Å². The number of nitrogens with one attached hydrogen (secondary N) is 1. The van der Waals surface area contributed by atoms with Gasteiger partial charge in [-0.05, 0) is 51.9 Å². The molecule has 0 saturated heterocycles. The number of halogens is 2. The molecule has 3 nitrogen and oxygen atoms in total. The first kappa shape index (κ1) is 17.5. The number of thioether (sulfide) groups is 1. The maximum absolute atomic E-state index is 11.7. The Balaban J connectivity index is 1.72. The van der Waals surface area contributed by atoms with Crippen LogP contribution in [0.3, 0.4) is 0 Å². The molecule has 22 heavy (non-hydrogen) atoms. The summed E-state index contributed by atoms with van der Waals surface area (Å²) in [6, 6.07) is 15.9. The summed E-state index contributed by atoms with van der Waals surface area (Å²) in [6.45, 7) is 0. The highest BCUT2D eigenvalue weighted by atomic mass is 127. The molecule has 0 heterocycles. The first-order valence-corrected chi connectivity index (χ1v) is 9.56. The predicted molar refractivity (Wildman–Crippen MR) is 105 cm³/mol. The largest absolute Gasteiger partial charge is 0.272 e. The molecule has 0 aliphatic carbocycles. The first-order valence-electron chi connectivity index (χ1n) is 6.54. The number of benzene rings is 2. The summed E-state index contributed by atoms with van der Waals surface area (Å²) in [5, 5.41) is 3.96. The molecule has 0 unspecified atom stereocenters. The first-order chi connectivity index (χ1) is 10.6. The minimum Gasteiger partial charge on any atom is -0.272 e. The van der Waals surface area contributed by atoms with Crippen molar-refractivity contribution in [2.75, 3.05) is 5.75 Å². The van der Waals surface area contributed by atoms with E-state index in [4.69, 9.17) is 0 Å². The fourth-order valence-corrected chi connectivity index (χ4v) is 3.42. The van der Waals surface area contributed by atoms with Crippen LogP contribution in [0.5, 0.6) is 0 Å². The number of nitrogens with zero attached hydrogens (tertiary/aromatic N) is 1. The summed E-state index contributed by atoms with van der Waals surface area (Å²) >= 11 is 7.30. The summed E-state index contributed by atoms with van der Waals surface area (Å²) in [7, 11) is 0. The van der Waals surface area contributed by atoms with E-state index in [0.29, 0.717) is 5.75 Å². The van der Waals surface area contributed by atoms with Gasteiger partial charge < -0.3 is 0 Å². The third-order valence-corrected chi connectivity index (χ3v) is 5.20. The highest BCUT2D eigenvalue weighted by Gasteiger charge is 2.02. The quantitative estimate of drug-likeness (QED) is 0.371. The van der Waals surface area contributed by atoms with E-state index >= 15 is 0 Å². The molecular formula is C16H14BrIN2OS. The van der Waals surface area contributed by atoms with Gasteiger partial charge in [0.15, 0.2) is 0 Å². The maximum Gasteiger partial charge on any atom is 0.250 e. The van der Waals surface area contributed by atoms with E-state index < -0.39 is 0 Å². The second-order valence-electron chi connectivity index (χ2n) is 4.43. The van der Waals surface area contributed by atoms with Gasteiger partial charge >= 0.3 is 0 Å². The monoisotopic (exact) mass is 488 g/mol. The van der Waals surface area contributed by atoms with Gasteiger partial charge in [-0.3, -0.25) is 4.79 Å². The molecule has 2 aromatic rings. The van der Waals surface area contributed by atoms with Crippen molar-refractivity contribution < 1.29 is 4.79 Å². The van der Waals surface area contributed by atoms with Crippen LogP contribution >= 0.6 is 50.3 Å². The van der Waals surface area contributed by atoms with Gasteiger partial charge in [0.2, 0.25) is 5.91 Å². The molecule has 0 aromatic heterocycles. The van der Waals surface area contributed by atoms with E-state index in [-0.39, 0.29) is 5.91 Å². The molecule has 0 radical (unpaired) electrons. The maximum atomic E-state index is 11.7. The highest BCUT2D eigenvalue weighted by Crippen LogP contribution is 2.20. The lowest BCUT2D eigenvalue weighted by molar-refractivity contribution is -0.118. The SMILES string of the molecule is O=C(CSCc1ccccc1Br)N/N=C\c1ccc(I)cc1. The zero-order chi connectivity index (χ0) is 15.8. The Morgan fingerprint density at radius 1 is 1.23 bits per heavy atom. The van der Waals surface area contributed by atoms with Crippen LogP contribution in [-0.2, 0) is 10.5 Å². The topological polar surface area (TPSA) is 41.5 Å². The Bertz CT molecular complexity index is 661. The van der Waals surface area contributed by atoms with Crippen LogP contribution in [0.1, 0.15) is 11.1 Å². The summed E-state index contributed by atoms with van der Waals surface area (Å²) < 4.78 is 2.24. The minimum absolute atomic E-state index is 0.0983. The predicted octanol–water partition coefficient (Wildman–Crippen LogP) is 4.44. The van der Waals surface area contributed by atoms with Crippen LogP contribution in [0.2, 0.25) is 0 Å². The van der Waals surface area contributed by atoms with Crippen molar-refractivity contribution in [2.45, 2.75) is 5.75 Å². The number of amides is 1. The van der Waals surface area contributed by atoms with Crippen molar-refractivity contribution in [3.05, 3.63) is 67.7 Å². The Kier molecular flexibility index (Phi) is 7.41. The van der Waals surface area contributed by atoms with Gasteiger partial charge in [-0.1, -0.05) is 46.3 Å². The second kappa shape index (κ2) is 9.32. The Labute approximate surface area is 156 Å². The highest BCUT2D eigenvalue weighted by molar-refractivity contribution is 14.1. The molecule has 0 bridgehead atoms. The van der Waals surface area contributed by atoms with E-state index in [9.17, 15) is 4.79 Å². The average molecular weight is 489 g/mol. The number of hydrogen-bond donors (Lipinski definition) is 1. The van der Waals surface area contributed by atoms with Crippen LogP contribution in [0.15, 0.2) is 58.1 Å². The summed E-state index contributed by atoms with van der Waals surface area (Å²) in [6.07, 6.45) is 1.65. The standard InChI is InChI=1S/C16H14BrIN2OS/c17-15-4-2-1-3-13(15)10-22-11-16(21)20-19-9-12-5-7-14(18)8-6-12/h1-9H,10-11H2,(H,20,21)/b19-9-. The van der Waals surface area contributed by atoms with E-state index in [2.05, 4.69) is 49.0 Å². The third kappa shape index (κ3) is 6.10. The summed E-state index contributed by atoms with van der Waals surface area (Å²) in [4.78, 5) is 11.7. The number of rotatable bonds is 6. The van der Waals surface area contributed by atoms with Gasteiger partial charge in [0.1, 0.15) is 0 Å². The molecule has 0 aliphatic rings. The minimum atomic E-state index is -0.0983. The van der Waals surface area contributed by atoms with E-state index in [1.807, 2.05) is 48.5 Å². The summed E-state index contributed by atoms with van der Waals surface area (Å²) in [5.41, 5.74) is 4.69. The van der Waals surface area contributed by atoms with Crippen molar-refractivity contribution in [2.24, 2.45) is 5.10 Å². The second-order valence-corrected chi connectivity index (χ2v) is 7.51. The van der Waals surface area contributed by atoms with E-state index in [1.54, 1.807) is 18.0 Å². The van der Waals surface area contributed by atoms with Gasteiger partial charge in [0.25, 0.3) is 0 Å². The van der Waals surface area contributed by atoms with Crippen LogP contribution in [0.4, 0.5) is 0 Å². The molecule has 114 valence electrons. The number of hydrazone groups is 1. The number of hydrogen-bond acceptors (Lipinski definition) is 3. The van der Waals surface area contributed by atoms with Crippen molar-refractivity contribution in [1.29, 1.82) is 0 Å². The smallest absolute Gasteiger partial charge is 0.250 e. The van der Waals surface area contributed by atoms with E-state index in [1.165, 1.54) is 9.13 Å². The van der Waals surface area contributed by atoms with Crippen LogP contribution in [-0.4, -0.2) is 17.9 Å². The lowest BCUT2D eigenvalue weighted by Gasteiger charge is -2.03. The molecule has 2 aromatic carbocycles. The summed E-state index contributed by atoms with van der Waals surface area (Å²) in [5.74, 6) is 1.07. The van der Waals surface area contributed by atoms with Crippen LogP contribution in [0.25, 0.3) is 0 Å². The Hall–Kier alpha value is -0.860. The van der Waals surface area contributed by atoms with Crippen molar-refractivity contribution in [3.8, 4) is 0 Å². The van der Waals surface area contributed by atoms with Gasteiger partial charge in [-0.2, -0.15) is 5.10 Å². The normalized spacial score (nSPS) is 10.8. The Morgan fingerprint density at radius 3 is 2.68 bits per heavy atom. The molecular weight excluding hydrogens is 475 g/mol. The Morgan fingerprint density at radius 2 is 1.95 bits per heavy atom. The van der Waals surface area contributed by atoms with Gasteiger partial charge in [-0.15, -0.1) is 11.8 Å². The van der Waals surface area contributed by atoms with Gasteiger partial charge in [0.05, 0.1) is 12.0 Å². The fraction of sp³-hybridized carbons (Fsp3) is 0.125. The van der Waals surface area contributed by atoms with Gasteiger partial charge in [-0.25, -0.2) is 5.43 Å². The zero-order valence-corrected chi connectivity index (χ0v) is 16.2. The molecule has 2 rings (SSSR count). The molecule has 0 atom stereocenters. The molecule has 0 fully saturated rings. The molecule has 6 heteroatoms. The average Bonchev–Trinajstić information content (AvgIpc) is 2.51. The lowest BCUT2D eigenvalue weighted by Crippen LogP contribution is -2.19. The van der Waals surface area contributed by atoms with Crippen molar-refractivity contribution in [3.63, 3.8) is 0 Å². The number of carbonyl (C=O) groups is 1. The molecule has 0 saturated carbocycles. The number of carbonyl (C=O) groups excluding carboxylic acids is 1. The van der Waals surface area contributed by atoms with Crippen LogP contribution < -0.4 is 5.43 Å². The fourth-order valence-electron chi connectivity index (χ4n) is 1.63. The molecule has 1 N–H and O–H groups in total. The van der Waals surface area contributed by atoms with Crippen molar-refractivity contribution in [1.82, 2.24) is 5.43 Å². The molecule has 0 aliphatic heterocycles. The van der Waals surface area contributed by atoms with Crippen LogP contribution in [0, 0.1) is 3.57 Å².